The van der Waals surface area contributed by atoms with Crippen molar-refractivity contribution in [3.05, 3.63) is 0 Å². The van der Waals surface area contributed by atoms with E-state index in [-0.39, 0.29) is 17.5 Å². The molecule has 15 heavy (non-hydrogen) atoms. The second kappa shape index (κ2) is 3.78. The molecule has 0 bridgehead atoms. The third-order valence-corrected chi connectivity index (χ3v) is 3.11. The maximum absolute atomic E-state index is 11.9. The first-order chi connectivity index (χ1) is 6.97. The Hall–Kier alpha value is -0.570. The number of hydrogen-bond donors (Lipinski definition) is 1. The lowest BCUT2D eigenvalue weighted by Gasteiger charge is -2.24. The highest BCUT2D eigenvalue weighted by Gasteiger charge is 2.43. The number of nitrogens with one attached hydrogen (secondary N) is 1. The first-order valence-electron chi connectivity index (χ1n) is 5.93. The molecule has 0 radical (unpaired) electrons. The highest BCUT2D eigenvalue weighted by Crippen LogP contribution is 2.39. The van der Waals surface area contributed by atoms with E-state index < -0.39 is 0 Å². The summed E-state index contributed by atoms with van der Waals surface area (Å²) in [6.45, 7) is 6.75. The molecule has 2 rings (SSSR count). The zero-order valence-corrected chi connectivity index (χ0v) is 9.88. The third-order valence-electron chi connectivity index (χ3n) is 3.11. The van der Waals surface area contributed by atoms with Crippen LogP contribution in [0.2, 0.25) is 0 Å². The predicted octanol–water partition coefficient (Wildman–Crippen LogP) is 1.72. The highest BCUT2D eigenvalue weighted by molar-refractivity contribution is 5.74. The Morgan fingerprint density at radius 3 is 2.47 bits per heavy atom. The lowest BCUT2D eigenvalue weighted by molar-refractivity contribution is -0.160. The number of hydrogen-bond acceptors (Lipinski definition) is 3. The van der Waals surface area contributed by atoms with E-state index in [1.807, 2.05) is 20.8 Å². The molecule has 0 spiro atoms. The van der Waals surface area contributed by atoms with Gasteiger partial charge in [0.2, 0.25) is 0 Å². The summed E-state index contributed by atoms with van der Waals surface area (Å²) in [7, 11) is 0. The molecular weight excluding hydrogens is 190 g/mol. The summed E-state index contributed by atoms with van der Waals surface area (Å²) in [5, 5.41) is 3.43. The fourth-order valence-corrected chi connectivity index (χ4v) is 2.32. The molecule has 3 nitrogen and oxygen atoms in total. The number of rotatable bonds is 2. The maximum Gasteiger partial charge on any atom is 0.311 e. The maximum atomic E-state index is 11.9. The first-order valence-corrected chi connectivity index (χ1v) is 5.93. The van der Waals surface area contributed by atoms with Crippen molar-refractivity contribution in [3.8, 4) is 0 Å². The summed E-state index contributed by atoms with van der Waals surface area (Å²) in [5.41, 5.74) is -0.353. The van der Waals surface area contributed by atoms with E-state index in [1.165, 1.54) is 12.8 Å². The van der Waals surface area contributed by atoms with Gasteiger partial charge < -0.3 is 10.1 Å². The van der Waals surface area contributed by atoms with Crippen LogP contribution in [0.15, 0.2) is 0 Å². The summed E-state index contributed by atoms with van der Waals surface area (Å²) in [6, 6.07) is 0.389. The minimum atomic E-state index is -0.353. The molecule has 0 aromatic rings. The monoisotopic (exact) mass is 211 g/mol. The molecule has 1 saturated heterocycles. The summed E-state index contributed by atoms with van der Waals surface area (Å²) < 4.78 is 5.45. The van der Waals surface area contributed by atoms with Crippen LogP contribution >= 0.6 is 0 Å². The van der Waals surface area contributed by atoms with Crippen LogP contribution in [0.5, 0.6) is 0 Å². The van der Waals surface area contributed by atoms with E-state index in [4.69, 9.17) is 4.74 Å². The van der Waals surface area contributed by atoms with Crippen LogP contribution < -0.4 is 5.32 Å². The standard InChI is InChI=1S/C12H21NO2/c1-12(2,3)15-11(14)9-6-7-13-10(9)8-4-5-8/h8-10,13H,4-7H2,1-3H3/t9-,10+/m1/s1. The average molecular weight is 211 g/mol. The van der Waals surface area contributed by atoms with E-state index >= 15 is 0 Å². The average Bonchev–Trinajstić information content (AvgIpc) is 2.80. The lowest BCUT2D eigenvalue weighted by atomic mass is 9.97. The zero-order chi connectivity index (χ0) is 11.1. The second-order valence-electron chi connectivity index (χ2n) is 5.75. The van der Waals surface area contributed by atoms with Crippen LogP contribution in [0.4, 0.5) is 0 Å². The van der Waals surface area contributed by atoms with Crippen LogP contribution in [-0.2, 0) is 9.53 Å². The third kappa shape index (κ3) is 2.71. The number of carbonyl (C=O) groups is 1. The fourth-order valence-electron chi connectivity index (χ4n) is 2.32. The Morgan fingerprint density at radius 2 is 1.93 bits per heavy atom. The van der Waals surface area contributed by atoms with Crippen molar-refractivity contribution >= 4 is 5.97 Å². The minimum Gasteiger partial charge on any atom is -0.460 e. The SMILES string of the molecule is CC(C)(C)OC(=O)[C@@H]1CCN[C@H]1C1CC1. The smallest absolute Gasteiger partial charge is 0.311 e. The predicted molar refractivity (Wildman–Crippen MR) is 58.5 cm³/mol. The molecule has 0 unspecified atom stereocenters. The van der Waals surface area contributed by atoms with Crippen molar-refractivity contribution < 1.29 is 9.53 Å². The quantitative estimate of drug-likeness (QED) is 0.707. The van der Waals surface area contributed by atoms with Crippen LogP contribution in [0.1, 0.15) is 40.0 Å². The molecule has 0 aromatic heterocycles. The molecule has 3 heteroatoms. The Morgan fingerprint density at radius 1 is 1.27 bits per heavy atom. The molecule has 2 aliphatic rings. The van der Waals surface area contributed by atoms with Crippen LogP contribution in [0.25, 0.3) is 0 Å². The van der Waals surface area contributed by atoms with Crippen LogP contribution in [0.3, 0.4) is 0 Å². The minimum absolute atomic E-state index is 0.00981. The van der Waals surface area contributed by atoms with Gasteiger partial charge in [-0.1, -0.05) is 0 Å². The molecule has 1 aliphatic carbocycles. The Balaban J connectivity index is 1.93. The molecule has 1 aliphatic heterocycles. The van der Waals surface area contributed by atoms with Gasteiger partial charge in [-0.25, -0.2) is 0 Å². The molecule has 1 saturated carbocycles. The van der Waals surface area contributed by atoms with Crippen molar-refractivity contribution in [2.75, 3.05) is 6.54 Å². The van der Waals surface area contributed by atoms with Crippen LogP contribution in [0, 0.1) is 11.8 Å². The van der Waals surface area contributed by atoms with Gasteiger partial charge in [0, 0.05) is 6.04 Å². The number of ether oxygens (including phenoxy) is 1. The highest BCUT2D eigenvalue weighted by atomic mass is 16.6. The van der Waals surface area contributed by atoms with Crippen molar-refractivity contribution in [1.29, 1.82) is 0 Å². The van der Waals surface area contributed by atoms with E-state index in [9.17, 15) is 4.79 Å². The van der Waals surface area contributed by atoms with Crippen molar-refractivity contribution in [3.63, 3.8) is 0 Å². The van der Waals surface area contributed by atoms with Gasteiger partial charge in [0.1, 0.15) is 5.60 Å². The summed E-state index contributed by atoms with van der Waals surface area (Å²) >= 11 is 0. The van der Waals surface area contributed by atoms with Gasteiger partial charge in [-0.3, -0.25) is 4.79 Å². The first kappa shape index (κ1) is 10.9. The van der Waals surface area contributed by atoms with E-state index in [2.05, 4.69) is 5.32 Å². The fraction of sp³-hybridized carbons (Fsp3) is 0.917. The Kier molecular flexibility index (Phi) is 2.75. The van der Waals surface area contributed by atoms with E-state index in [0.29, 0.717) is 6.04 Å². The largest absolute Gasteiger partial charge is 0.460 e. The molecule has 1 N–H and O–H groups in total. The van der Waals surface area contributed by atoms with Gasteiger partial charge in [-0.05, 0) is 52.5 Å². The number of carbonyl (C=O) groups excluding carboxylic acids is 1. The summed E-state index contributed by atoms with van der Waals surface area (Å²) in [5.74, 6) is 0.811. The zero-order valence-electron chi connectivity index (χ0n) is 9.88. The van der Waals surface area contributed by atoms with Gasteiger partial charge in [0.25, 0.3) is 0 Å². The van der Waals surface area contributed by atoms with Gasteiger partial charge >= 0.3 is 5.97 Å². The topological polar surface area (TPSA) is 38.3 Å². The molecule has 2 atom stereocenters. The van der Waals surface area contributed by atoms with Crippen molar-refractivity contribution in [1.82, 2.24) is 5.32 Å². The van der Waals surface area contributed by atoms with Gasteiger partial charge in [0.05, 0.1) is 5.92 Å². The normalized spacial score (nSPS) is 31.7. The van der Waals surface area contributed by atoms with Gasteiger partial charge in [-0.15, -0.1) is 0 Å². The van der Waals surface area contributed by atoms with E-state index in [1.54, 1.807) is 0 Å². The molecule has 2 fully saturated rings. The van der Waals surface area contributed by atoms with Crippen molar-refractivity contribution in [2.45, 2.75) is 51.7 Å². The molecule has 86 valence electrons. The van der Waals surface area contributed by atoms with Crippen LogP contribution in [-0.4, -0.2) is 24.2 Å². The molecule has 1 heterocycles. The molecule has 0 aromatic carbocycles. The lowest BCUT2D eigenvalue weighted by Crippen LogP contribution is -2.37. The number of esters is 1. The summed E-state index contributed by atoms with van der Waals surface area (Å²) in [4.78, 5) is 11.9. The van der Waals surface area contributed by atoms with Crippen molar-refractivity contribution in [2.24, 2.45) is 11.8 Å². The summed E-state index contributed by atoms with van der Waals surface area (Å²) in [6.07, 6.45) is 3.49. The molecule has 0 amide bonds. The second-order valence-corrected chi connectivity index (χ2v) is 5.75. The van der Waals surface area contributed by atoms with Gasteiger partial charge in [0.15, 0.2) is 0 Å². The van der Waals surface area contributed by atoms with E-state index in [0.717, 1.165) is 18.9 Å². The molecular formula is C12H21NO2. The Bertz CT molecular complexity index is 253. The Labute approximate surface area is 91.6 Å². The van der Waals surface area contributed by atoms with Gasteiger partial charge in [-0.2, -0.15) is 0 Å².